The van der Waals surface area contributed by atoms with Crippen LogP contribution in [0, 0.1) is 19.8 Å². The number of nitrogens with zero attached hydrogens (tertiary/aromatic N) is 3. The number of anilines is 1. The molecule has 0 bridgehead atoms. The van der Waals surface area contributed by atoms with Crippen molar-refractivity contribution in [3.05, 3.63) is 72.1 Å². The zero-order valence-electron chi connectivity index (χ0n) is 27.2. The molecule has 13 heteroatoms. The molecule has 1 aliphatic carbocycles. The number of nitrogens with one attached hydrogen (secondary N) is 1. The van der Waals surface area contributed by atoms with Crippen LogP contribution in [0.25, 0.3) is 0 Å². The lowest BCUT2D eigenvalue weighted by Gasteiger charge is -2.28. The molecule has 8 nitrogen and oxygen atoms in total. The Morgan fingerprint density at radius 1 is 1.11 bits per heavy atom. The minimum atomic E-state index is -0.661. The predicted octanol–water partition coefficient (Wildman–Crippen LogP) is 8.91. The number of hydrogen-bond donors (Lipinski definition) is 1. The molecule has 5 rings (SSSR count). The number of aromatic nitrogens is 1. The molecule has 2 amide bonds. The van der Waals surface area contributed by atoms with E-state index in [2.05, 4.69) is 10.2 Å². The number of ether oxygens (including phenoxy) is 2. The minimum absolute atomic E-state index is 0.0636. The maximum atomic E-state index is 14.2. The van der Waals surface area contributed by atoms with Gasteiger partial charge in [0.2, 0.25) is 5.91 Å². The highest BCUT2D eigenvalue weighted by Crippen LogP contribution is 2.39. The quantitative estimate of drug-likeness (QED) is 0.211. The Bertz CT molecular complexity index is 1620. The number of hydrogen-bond acceptors (Lipinski definition) is 7. The van der Waals surface area contributed by atoms with Gasteiger partial charge in [0.15, 0.2) is 10.9 Å². The molecule has 1 saturated carbocycles. The normalized spacial score (nSPS) is 17.0. The number of benzene rings is 2. The van der Waals surface area contributed by atoms with E-state index in [9.17, 15) is 9.59 Å². The lowest BCUT2D eigenvalue weighted by Crippen LogP contribution is -2.44. The highest BCUT2D eigenvalue weighted by molar-refractivity contribution is 7.15. The summed E-state index contributed by atoms with van der Waals surface area (Å²) in [6.07, 6.45) is 4.17. The second-order valence-corrected chi connectivity index (χ2v) is 15.9. The van der Waals surface area contributed by atoms with E-state index in [0.29, 0.717) is 45.4 Å². The van der Waals surface area contributed by atoms with Crippen molar-refractivity contribution in [3.63, 3.8) is 0 Å². The Morgan fingerprint density at radius 3 is 2.55 bits per heavy atom. The molecule has 2 atom stereocenters. The van der Waals surface area contributed by atoms with Crippen molar-refractivity contribution in [2.45, 2.75) is 84.6 Å². The Morgan fingerprint density at radius 2 is 1.85 bits per heavy atom. The van der Waals surface area contributed by atoms with Gasteiger partial charge in [0.25, 0.3) is 0 Å². The molecule has 1 N–H and O–H groups in total. The number of thiazole rings is 1. The average molecular weight is 743 g/mol. The van der Waals surface area contributed by atoms with Gasteiger partial charge in [0.1, 0.15) is 11.7 Å². The Hall–Kier alpha value is -2.43. The number of alkyl carbamates (subject to hydrolysis) is 1. The highest BCUT2D eigenvalue weighted by atomic mass is 35.5. The third-order valence-corrected chi connectivity index (χ3v) is 10.9. The first-order chi connectivity index (χ1) is 22.2. The van der Waals surface area contributed by atoms with Gasteiger partial charge in [-0.15, -0.1) is 11.3 Å². The Balaban J connectivity index is 1.29. The van der Waals surface area contributed by atoms with Crippen LogP contribution in [0.1, 0.15) is 61.6 Å². The number of halogens is 4. The minimum Gasteiger partial charge on any atom is -0.485 e. The summed E-state index contributed by atoms with van der Waals surface area (Å²) in [5.41, 5.74) is 2.09. The summed E-state index contributed by atoms with van der Waals surface area (Å²) in [5, 5.41) is 5.60. The van der Waals surface area contributed by atoms with Crippen molar-refractivity contribution in [2.24, 2.45) is 5.92 Å². The Kier molecular flexibility index (Phi) is 11.4. The third kappa shape index (κ3) is 9.18. The van der Waals surface area contributed by atoms with Crippen LogP contribution in [-0.2, 0) is 22.5 Å². The molecule has 2 aromatic carbocycles. The number of amides is 2. The molecule has 3 aromatic rings. The second-order valence-electron chi connectivity index (χ2n) is 13.2. The van der Waals surface area contributed by atoms with Crippen molar-refractivity contribution in [3.8, 4) is 5.75 Å². The van der Waals surface area contributed by atoms with Gasteiger partial charge < -0.3 is 24.6 Å². The predicted molar refractivity (Wildman–Crippen MR) is 191 cm³/mol. The van der Waals surface area contributed by atoms with Crippen LogP contribution in [0.4, 0.5) is 9.93 Å². The standard InChI is InChI=1S/C34H40Cl4N4O4S/c1-19-13-27(36)30(28(37)20(19)2)45-24-11-12-41(18-24)32-39-16-25(47-32)14-22(15-40-33(44)46-34(3,4)5)31(43)42(23-9-10-23)17-21-7-6-8-26(35)29(21)38/h6-8,13,16,22-24H,9-12,14-15,17-18H2,1-5H3,(H,40,44). The maximum Gasteiger partial charge on any atom is 0.407 e. The molecule has 0 radical (unpaired) electrons. The highest BCUT2D eigenvalue weighted by Gasteiger charge is 2.37. The van der Waals surface area contributed by atoms with Crippen molar-refractivity contribution in [1.29, 1.82) is 0 Å². The van der Waals surface area contributed by atoms with Gasteiger partial charge in [-0.1, -0.05) is 58.5 Å². The fourth-order valence-electron chi connectivity index (χ4n) is 5.49. The van der Waals surface area contributed by atoms with Gasteiger partial charge in [-0.2, -0.15) is 0 Å². The van der Waals surface area contributed by atoms with Crippen molar-refractivity contribution in [1.82, 2.24) is 15.2 Å². The first-order valence-electron chi connectivity index (χ1n) is 15.7. The molecule has 0 spiro atoms. The van der Waals surface area contributed by atoms with E-state index in [1.54, 1.807) is 26.8 Å². The van der Waals surface area contributed by atoms with Gasteiger partial charge in [-0.25, -0.2) is 9.78 Å². The van der Waals surface area contributed by atoms with Crippen LogP contribution >= 0.6 is 57.7 Å². The van der Waals surface area contributed by atoms with E-state index >= 15 is 0 Å². The number of aryl methyl sites for hydroxylation is 1. The van der Waals surface area contributed by atoms with Crippen LogP contribution in [-0.4, -0.2) is 59.3 Å². The SMILES string of the molecule is Cc1cc(Cl)c(OC2CCN(c3ncc(CC(CNC(=O)OC(C)(C)C)C(=O)N(Cc4cccc(Cl)c4Cl)C4CC4)s3)C2)c(Cl)c1C. The van der Waals surface area contributed by atoms with E-state index in [-0.39, 0.29) is 24.6 Å². The lowest BCUT2D eigenvalue weighted by atomic mass is 10.0. The molecule has 2 unspecified atom stereocenters. The lowest BCUT2D eigenvalue weighted by molar-refractivity contribution is -0.136. The van der Waals surface area contributed by atoms with Crippen LogP contribution < -0.4 is 15.0 Å². The first-order valence-corrected chi connectivity index (χ1v) is 18.0. The first kappa shape index (κ1) is 35.9. The summed E-state index contributed by atoms with van der Waals surface area (Å²) in [6.45, 7) is 11.2. The molecule has 254 valence electrons. The summed E-state index contributed by atoms with van der Waals surface area (Å²) in [4.78, 5) is 36.5. The fraction of sp³-hybridized carbons (Fsp3) is 0.500. The van der Waals surface area contributed by atoms with Crippen molar-refractivity contribution >= 4 is 74.9 Å². The number of rotatable bonds is 11. The van der Waals surface area contributed by atoms with Crippen molar-refractivity contribution in [2.75, 3.05) is 24.5 Å². The summed E-state index contributed by atoms with van der Waals surface area (Å²) in [7, 11) is 0. The Labute approximate surface area is 300 Å². The van der Waals surface area contributed by atoms with Gasteiger partial charge in [-0.05, 0) is 82.7 Å². The zero-order chi connectivity index (χ0) is 34.0. The van der Waals surface area contributed by atoms with E-state index < -0.39 is 17.6 Å². The van der Waals surface area contributed by atoms with Gasteiger partial charge >= 0.3 is 6.09 Å². The molecule has 2 aliphatic rings. The number of carbonyl (C=O) groups is 2. The third-order valence-electron chi connectivity index (χ3n) is 8.25. The van der Waals surface area contributed by atoms with Crippen LogP contribution in [0.3, 0.4) is 0 Å². The molecule has 1 aromatic heterocycles. The van der Waals surface area contributed by atoms with Gasteiger partial charge in [-0.3, -0.25) is 4.79 Å². The van der Waals surface area contributed by atoms with Crippen LogP contribution in [0.15, 0.2) is 30.5 Å². The van der Waals surface area contributed by atoms with Crippen LogP contribution in [0.2, 0.25) is 20.1 Å². The molecule has 1 saturated heterocycles. The van der Waals surface area contributed by atoms with Gasteiger partial charge in [0.05, 0.1) is 32.6 Å². The molecule has 2 fully saturated rings. The molecular formula is C34H40Cl4N4O4S. The maximum absolute atomic E-state index is 14.2. The summed E-state index contributed by atoms with van der Waals surface area (Å²) >= 11 is 27.4. The second kappa shape index (κ2) is 15.0. The fourth-order valence-corrected chi connectivity index (χ4v) is 7.55. The van der Waals surface area contributed by atoms with E-state index in [4.69, 9.17) is 60.9 Å². The molecule has 2 heterocycles. The van der Waals surface area contributed by atoms with E-state index in [1.165, 1.54) is 11.3 Å². The molecule has 47 heavy (non-hydrogen) atoms. The van der Waals surface area contributed by atoms with E-state index in [0.717, 1.165) is 52.5 Å². The van der Waals surface area contributed by atoms with E-state index in [1.807, 2.05) is 43.1 Å². The van der Waals surface area contributed by atoms with Crippen LogP contribution in [0.5, 0.6) is 5.75 Å². The largest absolute Gasteiger partial charge is 0.485 e. The summed E-state index contributed by atoms with van der Waals surface area (Å²) in [6, 6.07) is 7.43. The summed E-state index contributed by atoms with van der Waals surface area (Å²) in [5.74, 6) is -0.0920. The smallest absolute Gasteiger partial charge is 0.407 e. The topological polar surface area (TPSA) is 84.0 Å². The molecular weight excluding hydrogens is 702 g/mol. The zero-order valence-corrected chi connectivity index (χ0v) is 31.0. The van der Waals surface area contributed by atoms with Gasteiger partial charge in [0, 0.05) is 43.2 Å². The molecule has 1 aliphatic heterocycles. The average Bonchev–Trinajstić information content (AvgIpc) is 3.54. The summed E-state index contributed by atoms with van der Waals surface area (Å²) < 4.78 is 11.7. The monoisotopic (exact) mass is 740 g/mol. The number of carbonyl (C=O) groups excluding carboxylic acids is 2. The van der Waals surface area contributed by atoms with Crippen molar-refractivity contribution < 1.29 is 19.1 Å².